The van der Waals surface area contributed by atoms with E-state index in [0.29, 0.717) is 44.2 Å². The maximum absolute atomic E-state index is 14.4. The van der Waals surface area contributed by atoms with Crippen LogP contribution in [0.2, 0.25) is 10.0 Å². The van der Waals surface area contributed by atoms with Gasteiger partial charge >= 0.3 is 0 Å². The summed E-state index contributed by atoms with van der Waals surface area (Å²) in [6.07, 6.45) is 0.461. The lowest BCUT2D eigenvalue weighted by Gasteiger charge is -2.15. The molecule has 13 heteroatoms. The first kappa shape index (κ1) is 28.6. The van der Waals surface area contributed by atoms with Gasteiger partial charge in [0.25, 0.3) is 0 Å². The highest BCUT2D eigenvalue weighted by Crippen LogP contribution is 2.45. The van der Waals surface area contributed by atoms with E-state index in [1.165, 1.54) is 35.2 Å². The fourth-order valence-electron chi connectivity index (χ4n) is 4.03. The van der Waals surface area contributed by atoms with Gasteiger partial charge in [-0.1, -0.05) is 68.3 Å². The molecule has 0 spiro atoms. The molecule has 0 radical (unpaired) electrons. The fraction of sp³-hybridized carbons (Fsp3) is 0.154. The van der Waals surface area contributed by atoms with Crippen molar-refractivity contribution in [2.75, 3.05) is 14.2 Å². The predicted octanol–water partition coefficient (Wildman–Crippen LogP) is 9.47. The first-order valence-electron chi connectivity index (χ1n) is 11.2. The van der Waals surface area contributed by atoms with Crippen LogP contribution in [0.1, 0.15) is 16.0 Å². The number of fused-ring (bicyclic) bond motifs is 1. The van der Waals surface area contributed by atoms with Gasteiger partial charge in [0.15, 0.2) is 16.7 Å². The smallest absolute Gasteiger partial charge is 0.217 e. The number of rotatable bonds is 8. The third-order valence-corrected chi connectivity index (χ3v) is 10.1. The highest BCUT2D eigenvalue weighted by atomic mass is 79.9. The Hall–Kier alpha value is -1.89. The quantitative estimate of drug-likeness (QED) is 0.149. The number of thiazole rings is 1. The summed E-state index contributed by atoms with van der Waals surface area (Å²) >= 11 is 22.5. The Morgan fingerprint density at radius 2 is 1.77 bits per heavy atom. The molecule has 2 aromatic heterocycles. The summed E-state index contributed by atoms with van der Waals surface area (Å²) < 4.78 is 43.0. The van der Waals surface area contributed by atoms with Crippen molar-refractivity contribution in [2.45, 2.75) is 17.3 Å². The molecule has 0 aliphatic carbocycles. The molecule has 0 aliphatic rings. The van der Waals surface area contributed by atoms with Crippen molar-refractivity contribution in [3.05, 3.63) is 89.1 Å². The van der Waals surface area contributed by atoms with Crippen molar-refractivity contribution in [2.24, 2.45) is 0 Å². The summed E-state index contributed by atoms with van der Waals surface area (Å²) in [6, 6.07) is 11.0. The monoisotopic (exact) mass is 733 g/mol. The summed E-state index contributed by atoms with van der Waals surface area (Å²) in [5, 5.41) is 9.59. The van der Waals surface area contributed by atoms with Gasteiger partial charge in [0, 0.05) is 37.7 Å². The van der Waals surface area contributed by atoms with Crippen LogP contribution in [-0.4, -0.2) is 28.8 Å². The van der Waals surface area contributed by atoms with E-state index in [1.807, 2.05) is 10.5 Å². The Bertz CT molecular complexity index is 1690. The second kappa shape index (κ2) is 11.9. The molecule has 202 valence electrons. The standard InChI is InChI=1S/C26H17Br2Cl2F2N3O2S2/c1-36-20-10-15(27)13(22(28)24(20)37-2)9-21-23(12-6-7-19(32)17(30)8-12)35-25(33-34-26(35)39-21)38-11-14-16(29)4-3-5-18(14)31/h3-8,10H,9,11H2,1-2H3. The maximum Gasteiger partial charge on any atom is 0.217 e. The molecule has 0 atom stereocenters. The van der Waals surface area contributed by atoms with E-state index >= 15 is 0 Å². The summed E-state index contributed by atoms with van der Waals surface area (Å²) in [5.41, 5.74) is 2.71. The number of benzene rings is 3. The average Bonchev–Trinajstić information content (AvgIpc) is 3.46. The Morgan fingerprint density at radius 3 is 2.46 bits per heavy atom. The lowest BCUT2D eigenvalue weighted by molar-refractivity contribution is 0.352. The number of halogens is 6. The lowest BCUT2D eigenvalue weighted by Crippen LogP contribution is -1.99. The minimum Gasteiger partial charge on any atom is -0.493 e. The molecule has 3 aromatic carbocycles. The average molecular weight is 736 g/mol. The first-order valence-corrected chi connectivity index (χ1v) is 15.3. The predicted molar refractivity (Wildman–Crippen MR) is 160 cm³/mol. The molecular weight excluding hydrogens is 719 g/mol. The summed E-state index contributed by atoms with van der Waals surface area (Å²) in [6.45, 7) is 0. The van der Waals surface area contributed by atoms with Crippen molar-refractivity contribution in [1.82, 2.24) is 14.6 Å². The normalized spacial score (nSPS) is 11.4. The second-order valence-electron chi connectivity index (χ2n) is 8.16. The van der Waals surface area contributed by atoms with Gasteiger partial charge in [-0.15, -0.1) is 10.2 Å². The Morgan fingerprint density at radius 1 is 0.974 bits per heavy atom. The zero-order valence-electron chi connectivity index (χ0n) is 20.2. The Kier molecular flexibility index (Phi) is 8.75. The third kappa shape index (κ3) is 5.54. The van der Waals surface area contributed by atoms with Crippen LogP contribution in [-0.2, 0) is 12.2 Å². The molecule has 0 aliphatic heterocycles. The van der Waals surface area contributed by atoms with E-state index in [4.69, 9.17) is 32.7 Å². The van der Waals surface area contributed by atoms with Gasteiger partial charge in [-0.25, -0.2) is 8.78 Å². The van der Waals surface area contributed by atoms with Crippen LogP contribution < -0.4 is 9.47 Å². The number of hydrogen-bond donors (Lipinski definition) is 0. The summed E-state index contributed by atoms with van der Waals surface area (Å²) in [7, 11) is 3.14. The first-order chi connectivity index (χ1) is 18.7. The van der Waals surface area contributed by atoms with Crippen LogP contribution in [0.15, 0.2) is 56.6 Å². The van der Waals surface area contributed by atoms with Gasteiger partial charge in [0.1, 0.15) is 11.6 Å². The largest absolute Gasteiger partial charge is 0.493 e. The number of ether oxygens (including phenoxy) is 2. The van der Waals surface area contributed by atoms with Crippen LogP contribution in [0, 0.1) is 11.6 Å². The number of methoxy groups -OCH3 is 2. The minimum atomic E-state index is -0.522. The van der Waals surface area contributed by atoms with Gasteiger partial charge in [-0.3, -0.25) is 4.40 Å². The minimum absolute atomic E-state index is 0.00769. The zero-order valence-corrected chi connectivity index (χ0v) is 26.5. The van der Waals surface area contributed by atoms with Crippen LogP contribution in [0.5, 0.6) is 11.5 Å². The highest BCUT2D eigenvalue weighted by molar-refractivity contribution is 9.11. The molecular formula is C26H17Br2Cl2F2N3O2S2. The molecule has 2 heterocycles. The van der Waals surface area contributed by atoms with Crippen molar-refractivity contribution >= 4 is 83.1 Å². The van der Waals surface area contributed by atoms with Crippen molar-refractivity contribution in [3.8, 4) is 22.8 Å². The maximum atomic E-state index is 14.4. The van der Waals surface area contributed by atoms with Gasteiger partial charge in [0.2, 0.25) is 4.96 Å². The van der Waals surface area contributed by atoms with Crippen molar-refractivity contribution in [3.63, 3.8) is 0 Å². The molecule has 5 nitrogen and oxygen atoms in total. The van der Waals surface area contributed by atoms with Gasteiger partial charge in [-0.2, -0.15) is 0 Å². The number of hydrogen-bond acceptors (Lipinski definition) is 6. The molecule has 39 heavy (non-hydrogen) atoms. The topological polar surface area (TPSA) is 48.7 Å². The van der Waals surface area contributed by atoms with Crippen LogP contribution in [0.25, 0.3) is 16.2 Å². The van der Waals surface area contributed by atoms with E-state index < -0.39 is 11.6 Å². The zero-order chi connectivity index (χ0) is 27.8. The number of aromatic nitrogens is 3. The van der Waals surface area contributed by atoms with Crippen molar-refractivity contribution in [1.29, 1.82) is 0 Å². The molecule has 0 N–H and O–H groups in total. The van der Waals surface area contributed by atoms with Crippen LogP contribution >= 0.6 is 78.2 Å². The van der Waals surface area contributed by atoms with Gasteiger partial charge in [-0.05, 0) is 57.9 Å². The molecule has 0 fully saturated rings. The van der Waals surface area contributed by atoms with E-state index in [9.17, 15) is 8.78 Å². The molecule has 0 saturated heterocycles. The summed E-state index contributed by atoms with van der Waals surface area (Å²) in [4.78, 5) is 1.54. The van der Waals surface area contributed by atoms with Crippen LogP contribution in [0.4, 0.5) is 8.78 Å². The molecule has 0 unspecified atom stereocenters. The second-order valence-corrected chi connectivity index (χ2v) is 12.6. The van der Waals surface area contributed by atoms with E-state index in [1.54, 1.807) is 38.5 Å². The van der Waals surface area contributed by atoms with Crippen LogP contribution in [0.3, 0.4) is 0 Å². The Balaban J connectivity index is 1.65. The van der Waals surface area contributed by atoms with Gasteiger partial charge < -0.3 is 9.47 Å². The number of nitrogens with zero attached hydrogens (tertiary/aromatic N) is 3. The van der Waals surface area contributed by atoms with E-state index in [2.05, 4.69) is 42.1 Å². The SMILES string of the molecule is COc1cc(Br)c(Cc2sc3nnc(SCc4c(F)cccc4Cl)n3c2-c2ccc(F)c(Cl)c2)c(Br)c1OC. The lowest BCUT2D eigenvalue weighted by atomic mass is 10.1. The molecule has 5 rings (SSSR count). The molecule has 0 bridgehead atoms. The fourth-order valence-corrected chi connectivity index (χ4v) is 8.17. The summed E-state index contributed by atoms with van der Waals surface area (Å²) in [5.74, 6) is 0.458. The van der Waals surface area contributed by atoms with Gasteiger partial charge in [0.05, 0.1) is 29.4 Å². The molecule has 0 amide bonds. The third-order valence-electron chi connectivity index (χ3n) is 5.90. The Labute approximate surface area is 257 Å². The van der Waals surface area contributed by atoms with E-state index in [-0.39, 0.29) is 10.8 Å². The molecule has 5 aromatic rings. The highest BCUT2D eigenvalue weighted by Gasteiger charge is 2.24. The van der Waals surface area contributed by atoms with E-state index in [0.717, 1.165) is 25.1 Å². The molecule has 0 saturated carbocycles. The number of thioether (sulfide) groups is 1. The van der Waals surface area contributed by atoms with Crippen molar-refractivity contribution < 1.29 is 18.3 Å².